The number of hydrogen-bond acceptors (Lipinski definition) is 2. The minimum absolute atomic E-state index is 0.547. The molecular formula is C18H36N2. The van der Waals surface area contributed by atoms with Crippen LogP contribution in [0.5, 0.6) is 0 Å². The van der Waals surface area contributed by atoms with Crippen molar-refractivity contribution >= 4 is 0 Å². The third kappa shape index (κ3) is 6.90. The van der Waals surface area contributed by atoms with E-state index in [4.69, 9.17) is 5.84 Å². The van der Waals surface area contributed by atoms with Crippen molar-refractivity contribution in [3.63, 3.8) is 0 Å². The molecule has 20 heavy (non-hydrogen) atoms. The summed E-state index contributed by atoms with van der Waals surface area (Å²) >= 11 is 0. The molecule has 1 unspecified atom stereocenters. The van der Waals surface area contributed by atoms with Crippen LogP contribution in [0.2, 0.25) is 0 Å². The summed E-state index contributed by atoms with van der Waals surface area (Å²) < 4.78 is 0. The third-order valence-corrected chi connectivity index (χ3v) is 5.06. The molecule has 2 heteroatoms. The summed E-state index contributed by atoms with van der Waals surface area (Å²) in [5, 5.41) is 0. The van der Waals surface area contributed by atoms with Gasteiger partial charge in [0, 0.05) is 6.04 Å². The van der Waals surface area contributed by atoms with Crippen LogP contribution in [0.1, 0.15) is 84.0 Å². The molecule has 0 aromatic carbocycles. The quantitative estimate of drug-likeness (QED) is 0.243. The number of rotatable bonds is 11. The van der Waals surface area contributed by atoms with Crippen molar-refractivity contribution in [1.29, 1.82) is 0 Å². The van der Waals surface area contributed by atoms with Gasteiger partial charge in [0.2, 0.25) is 0 Å². The zero-order valence-electron chi connectivity index (χ0n) is 13.6. The van der Waals surface area contributed by atoms with Gasteiger partial charge in [-0.15, -0.1) is 6.58 Å². The van der Waals surface area contributed by atoms with Gasteiger partial charge in [-0.3, -0.25) is 11.3 Å². The standard InChI is InChI=1S/C18H36N2/c1-3-5-7-8-9-11-18(20-19)17-14-12-16(13-15-17)10-6-4-2/h3,16-18,20H,1,4-15,19H2,2H3. The van der Waals surface area contributed by atoms with Gasteiger partial charge >= 0.3 is 0 Å². The lowest BCUT2D eigenvalue weighted by Gasteiger charge is -2.33. The van der Waals surface area contributed by atoms with Gasteiger partial charge in [-0.2, -0.15) is 0 Å². The second-order valence-electron chi connectivity index (χ2n) is 6.62. The van der Waals surface area contributed by atoms with Crippen LogP contribution in [-0.4, -0.2) is 6.04 Å². The Hall–Kier alpha value is -0.340. The van der Waals surface area contributed by atoms with E-state index in [1.54, 1.807) is 0 Å². The molecule has 0 amide bonds. The SMILES string of the molecule is C=CCCCCCC(NN)C1CCC(CCCC)CC1. The lowest BCUT2D eigenvalue weighted by Crippen LogP contribution is -2.42. The van der Waals surface area contributed by atoms with E-state index in [2.05, 4.69) is 18.9 Å². The van der Waals surface area contributed by atoms with E-state index in [9.17, 15) is 0 Å². The van der Waals surface area contributed by atoms with Gasteiger partial charge in [0.05, 0.1) is 0 Å². The molecule has 0 aromatic rings. The summed E-state index contributed by atoms with van der Waals surface area (Å²) in [6.45, 7) is 6.08. The number of unbranched alkanes of at least 4 members (excludes halogenated alkanes) is 4. The average molecular weight is 280 g/mol. The molecule has 0 saturated heterocycles. The normalized spacial score (nSPS) is 24.5. The summed E-state index contributed by atoms with van der Waals surface area (Å²) in [6, 6.07) is 0.547. The van der Waals surface area contributed by atoms with Crippen molar-refractivity contribution in [3.8, 4) is 0 Å². The molecule has 1 aliphatic carbocycles. The van der Waals surface area contributed by atoms with E-state index in [0.29, 0.717) is 6.04 Å². The summed E-state index contributed by atoms with van der Waals surface area (Å²) in [5.41, 5.74) is 3.10. The third-order valence-electron chi connectivity index (χ3n) is 5.06. The number of nitrogens with one attached hydrogen (secondary N) is 1. The van der Waals surface area contributed by atoms with Gasteiger partial charge in [-0.25, -0.2) is 0 Å². The highest BCUT2D eigenvalue weighted by Gasteiger charge is 2.26. The molecule has 1 fully saturated rings. The number of nitrogens with two attached hydrogens (primary N) is 1. The molecule has 1 aliphatic rings. The van der Waals surface area contributed by atoms with Crippen molar-refractivity contribution in [3.05, 3.63) is 12.7 Å². The van der Waals surface area contributed by atoms with E-state index < -0.39 is 0 Å². The van der Waals surface area contributed by atoms with Crippen LogP contribution in [0, 0.1) is 11.8 Å². The molecular weight excluding hydrogens is 244 g/mol. The Kier molecular flexibility index (Phi) is 10.0. The van der Waals surface area contributed by atoms with Gasteiger partial charge in [-0.05, 0) is 43.9 Å². The van der Waals surface area contributed by atoms with Gasteiger partial charge in [0.15, 0.2) is 0 Å². The summed E-state index contributed by atoms with van der Waals surface area (Å²) in [5.74, 6) is 7.61. The van der Waals surface area contributed by atoms with Crippen LogP contribution >= 0.6 is 0 Å². The van der Waals surface area contributed by atoms with Crippen LogP contribution in [0.3, 0.4) is 0 Å². The molecule has 0 aromatic heterocycles. The maximum atomic E-state index is 5.79. The van der Waals surface area contributed by atoms with E-state index in [-0.39, 0.29) is 0 Å². The molecule has 0 bridgehead atoms. The molecule has 1 rings (SSSR count). The maximum absolute atomic E-state index is 5.79. The Balaban J connectivity index is 2.17. The fraction of sp³-hybridized carbons (Fsp3) is 0.889. The lowest BCUT2D eigenvalue weighted by molar-refractivity contribution is 0.204. The minimum atomic E-state index is 0.547. The average Bonchev–Trinajstić information content (AvgIpc) is 2.49. The first-order chi connectivity index (χ1) is 9.81. The molecule has 0 spiro atoms. The van der Waals surface area contributed by atoms with Gasteiger partial charge in [0.25, 0.3) is 0 Å². The summed E-state index contributed by atoms with van der Waals surface area (Å²) in [4.78, 5) is 0. The molecule has 0 aliphatic heterocycles. The monoisotopic (exact) mass is 280 g/mol. The highest BCUT2D eigenvalue weighted by Crippen LogP contribution is 2.34. The van der Waals surface area contributed by atoms with Crippen molar-refractivity contribution in [2.45, 2.75) is 90.0 Å². The Morgan fingerprint density at radius 3 is 2.50 bits per heavy atom. The molecule has 1 atom stereocenters. The highest BCUT2D eigenvalue weighted by atomic mass is 15.2. The van der Waals surface area contributed by atoms with Crippen LogP contribution in [0.25, 0.3) is 0 Å². The zero-order valence-corrected chi connectivity index (χ0v) is 13.6. The first-order valence-electron chi connectivity index (χ1n) is 8.88. The van der Waals surface area contributed by atoms with Crippen LogP contribution in [-0.2, 0) is 0 Å². The highest BCUT2D eigenvalue weighted by molar-refractivity contribution is 4.81. The van der Waals surface area contributed by atoms with E-state index >= 15 is 0 Å². The van der Waals surface area contributed by atoms with Crippen molar-refractivity contribution < 1.29 is 0 Å². The number of hydrazine groups is 1. The minimum Gasteiger partial charge on any atom is -0.271 e. The molecule has 3 N–H and O–H groups in total. The fourth-order valence-electron chi connectivity index (χ4n) is 3.66. The van der Waals surface area contributed by atoms with Crippen LogP contribution in [0.15, 0.2) is 12.7 Å². The van der Waals surface area contributed by atoms with Gasteiger partial charge < -0.3 is 0 Å². The van der Waals surface area contributed by atoms with Crippen molar-refractivity contribution in [2.24, 2.45) is 17.7 Å². The fourth-order valence-corrected chi connectivity index (χ4v) is 3.66. The number of allylic oxidation sites excluding steroid dienone is 1. The first kappa shape index (κ1) is 17.7. The van der Waals surface area contributed by atoms with E-state index in [1.165, 1.54) is 70.6 Å². The molecule has 0 heterocycles. The predicted octanol–water partition coefficient (Wildman–Crippen LogP) is 4.95. The summed E-state index contributed by atoms with van der Waals surface area (Å²) in [7, 11) is 0. The van der Waals surface area contributed by atoms with E-state index in [1.807, 2.05) is 6.08 Å². The Bertz CT molecular complexity index is 232. The second kappa shape index (κ2) is 11.3. The summed E-state index contributed by atoms with van der Waals surface area (Å²) in [6.07, 6.45) is 18.2. The van der Waals surface area contributed by atoms with Crippen molar-refractivity contribution in [2.75, 3.05) is 0 Å². The van der Waals surface area contributed by atoms with Crippen LogP contribution < -0.4 is 11.3 Å². The second-order valence-corrected chi connectivity index (χ2v) is 6.62. The Morgan fingerprint density at radius 2 is 1.90 bits per heavy atom. The van der Waals surface area contributed by atoms with Gasteiger partial charge in [-0.1, -0.05) is 57.9 Å². The first-order valence-corrected chi connectivity index (χ1v) is 8.88. The Labute approximate surface area is 126 Å². The van der Waals surface area contributed by atoms with Gasteiger partial charge in [0.1, 0.15) is 0 Å². The topological polar surface area (TPSA) is 38.0 Å². The predicted molar refractivity (Wildman–Crippen MR) is 89.4 cm³/mol. The smallest absolute Gasteiger partial charge is 0.0238 e. The van der Waals surface area contributed by atoms with Crippen LogP contribution in [0.4, 0.5) is 0 Å². The van der Waals surface area contributed by atoms with E-state index in [0.717, 1.165) is 18.3 Å². The van der Waals surface area contributed by atoms with Crippen molar-refractivity contribution in [1.82, 2.24) is 5.43 Å². The molecule has 118 valence electrons. The zero-order chi connectivity index (χ0) is 14.6. The maximum Gasteiger partial charge on any atom is 0.0238 e. The Morgan fingerprint density at radius 1 is 1.15 bits per heavy atom. The number of hydrogen-bond donors (Lipinski definition) is 2. The molecule has 2 nitrogen and oxygen atoms in total. The lowest BCUT2D eigenvalue weighted by atomic mass is 9.76. The molecule has 1 saturated carbocycles. The molecule has 0 radical (unpaired) electrons. The largest absolute Gasteiger partial charge is 0.271 e.